The molecule has 0 atom stereocenters. The quantitative estimate of drug-likeness (QED) is 0.792. The second-order valence-corrected chi connectivity index (χ2v) is 6.06. The van der Waals surface area contributed by atoms with E-state index >= 15 is 0 Å². The molecule has 0 bridgehead atoms. The molecule has 0 fully saturated rings. The Morgan fingerprint density at radius 3 is 2.75 bits per heavy atom. The van der Waals surface area contributed by atoms with Gasteiger partial charge in [0.25, 0.3) is 0 Å². The summed E-state index contributed by atoms with van der Waals surface area (Å²) in [7, 11) is -2.10. The van der Waals surface area contributed by atoms with Gasteiger partial charge in [0.15, 0.2) is 0 Å². The number of hydrogen-bond donors (Lipinski definition) is 2. The predicted octanol–water partition coefficient (Wildman–Crippen LogP) is 0.323. The smallest absolute Gasteiger partial charge is 0.241 e. The first-order valence-electron chi connectivity index (χ1n) is 5.69. The van der Waals surface area contributed by atoms with Crippen LogP contribution in [0, 0.1) is 12.7 Å². The molecule has 0 spiro atoms. The highest BCUT2D eigenvalue weighted by Gasteiger charge is 2.19. The van der Waals surface area contributed by atoms with E-state index in [0.717, 1.165) is 12.1 Å². The molecule has 7 nitrogen and oxygen atoms in total. The lowest BCUT2D eigenvalue weighted by Crippen LogP contribution is -2.25. The summed E-state index contributed by atoms with van der Waals surface area (Å²) in [6.07, 6.45) is 1.46. The summed E-state index contributed by atoms with van der Waals surface area (Å²) in [5, 5.41) is 7.41. The highest BCUT2D eigenvalue weighted by molar-refractivity contribution is 7.89. The van der Waals surface area contributed by atoms with Gasteiger partial charge in [-0.3, -0.25) is 0 Å². The molecule has 0 aliphatic heterocycles. The average molecular weight is 299 g/mol. The standard InChI is InChI=1S/C11H14FN5O2S/c1-7-3-8(12)9(13)4-10(7)20(18,19)15-5-11-16-14-6-17(11)2/h3-4,6,15H,5,13H2,1-2H3. The van der Waals surface area contributed by atoms with Crippen molar-refractivity contribution >= 4 is 15.7 Å². The third kappa shape index (κ3) is 2.78. The van der Waals surface area contributed by atoms with E-state index in [1.165, 1.54) is 13.3 Å². The number of nitrogens with one attached hydrogen (secondary N) is 1. The number of aromatic nitrogens is 3. The van der Waals surface area contributed by atoms with E-state index in [0.29, 0.717) is 5.82 Å². The van der Waals surface area contributed by atoms with Gasteiger partial charge in [-0.05, 0) is 24.6 Å². The van der Waals surface area contributed by atoms with Crippen LogP contribution in [-0.4, -0.2) is 23.2 Å². The van der Waals surface area contributed by atoms with Crippen LogP contribution in [0.15, 0.2) is 23.4 Å². The first-order chi connectivity index (χ1) is 9.31. The molecule has 0 radical (unpaired) electrons. The van der Waals surface area contributed by atoms with Gasteiger partial charge < -0.3 is 10.3 Å². The van der Waals surface area contributed by atoms with Gasteiger partial charge in [-0.1, -0.05) is 0 Å². The van der Waals surface area contributed by atoms with Crippen LogP contribution >= 0.6 is 0 Å². The molecule has 20 heavy (non-hydrogen) atoms. The molecule has 2 rings (SSSR count). The Morgan fingerprint density at radius 1 is 1.45 bits per heavy atom. The summed E-state index contributed by atoms with van der Waals surface area (Å²) < 4.78 is 41.6. The zero-order chi connectivity index (χ0) is 14.9. The third-order valence-electron chi connectivity index (χ3n) is 2.81. The van der Waals surface area contributed by atoms with Gasteiger partial charge >= 0.3 is 0 Å². The summed E-state index contributed by atoms with van der Waals surface area (Å²) in [5.74, 6) is -0.184. The molecule has 1 heterocycles. The Kier molecular flexibility index (Phi) is 3.73. The molecule has 2 aromatic rings. The van der Waals surface area contributed by atoms with Gasteiger partial charge in [0.05, 0.1) is 17.1 Å². The lowest BCUT2D eigenvalue weighted by molar-refractivity contribution is 0.576. The van der Waals surface area contributed by atoms with E-state index in [9.17, 15) is 12.8 Å². The Morgan fingerprint density at radius 2 is 2.15 bits per heavy atom. The van der Waals surface area contributed by atoms with E-state index in [2.05, 4.69) is 14.9 Å². The molecule has 3 N–H and O–H groups in total. The molecule has 1 aromatic heterocycles. The molecular formula is C11H14FN5O2S. The summed E-state index contributed by atoms with van der Waals surface area (Å²) in [5.41, 5.74) is 5.47. The van der Waals surface area contributed by atoms with E-state index in [1.54, 1.807) is 11.6 Å². The van der Waals surface area contributed by atoms with Gasteiger partial charge in [-0.2, -0.15) is 0 Å². The number of halogens is 1. The Labute approximate surface area is 115 Å². The molecule has 0 saturated heterocycles. The largest absolute Gasteiger partial charge is 0.396 e. The van der Waals surface area contributed by atoms with Crippen molar-refractivity contribution in [3.05, 3.63) is 35.7 Å². The van der Waals surface area contributed by atoms with Crippen molar-refractivity contribution in [2.75, 3.05) is 5.73 Å². The van der Waals surface area contributed by atoms with E-state index < -0.39 is 15.8 Å². The minimum atomic E-state index is -3.80. The van der Waals surface area contributed by atoms with Gasteiger partial charge in [0.2, 0.25) is 10.0 Å². The van der Waals surface area contributed by atoms with Crippen LogP contribution in [0.1, 0.15) is 11.4 Å². The number of sulfonamides is 1. The van der Waals surface area contributed by atoms with Gasteiger partial charge in [-0.15, -0.1) is 10.2 Å². The average Bonchev–Trinajstić information content (AvgIpc) is 2.77. The molecule has 0 aliphatic rings. The number of benzene rings is 1. The van der Waals surface area contributed by atoms with Crippen molar-refractivity contribution in [2.24, 2.45) is 7.05 Å². The van der Waals surface area contributed by atoms with Crippen LogP contribution in [0.5, 0.6) is 0 Å². The molecular weight excluding hydrogens is 285 g/mol. The van der Waals surface area contributed by atoms with Crippen molar-refractivity contribution in [1.82, 2.24) is 19.5 Å². The number of aryl methyl sites for hydroxylation is 2. The summed E-state index contributed by atoms with van der Waals surface area (Å²) >= 11 is 0. The molecule has 0 amide bonds. The third-order valence-corrected chi connectivity index (χ3v) is 4.35. The number of hydrogen-bond acceptors (Lipinski definition) is 5. The van der Waals surface area contributed by atoms with Crippen LogP contribution in [0.3, 0.4) is 0 Å². The van der Waals surface area contributed by atoms with Crippen LogP contribution in [0.4, 0.5) is 10.1 Å². The first kappa shape index (κ1) is 14.4. The number of anilines is 1. The maximum atomic E-state index is 13.2. The Hall–Kier alpha value is -2.00. The zero-order valence-electron chi connectivity index (χ0n) is 11.0. The number of nitrogens with two attached hydrogens (primary N) is 1. The molecule has 0 unspecified atom stereocenters. The van der Waals surface area contributed by atoms with Gasteiger partial charge in [-0.25, -0.2) is 17.5 Å². The van der Waals surface area contributed by atoms with Crippen LogP contribution < -0.4 is 10.5 Å². The summed E-state index contributed by atoms with van der Waals surface area (Å²) in [6.45, 7) is 1.48. The lowest BCUT2D eigenvalue weighted by atomic mass is 10.2. The van der Waals surface area contributed by atoms with Gasteiger partial charge in [0, 0.05) is 7.05 Å². The molecule has 9 heteroatoms. The second kappa shape index (κ2) is 5.17. The monoisotopic (exact) mass is 299 g/mol. The summed E-state index contributed by atoms with van der Waals surface area (Å²) in [4.78, 5) is -0.0569. The van der Waals surface area contributed by atoms with Crippen molar-refractivity contribution in [3.8, 4) is 0 Å². The Bertz CT molecular complexity index is 741. The molecule has 0 saturated carbocycles. The van der Waals surface area contributed by atoms with E-state index in [-0.39, 0.29) is 22.7 Å². The fraction of sp³-hybridized carbons (Fsp3) is 0.273. The highest BCUT2D eigenvalue weighted by atomic mass is 32.2. The first-order valence-corrected chi connectivity index (χ1v) is 7.18. The van der Waals surface area contributed by atoms with Gasteiger partial charge in [0.1, 0.15) is 18.0 Å². The Balaban J connectivity index is 2.27. The van der Waals surface area contributed by atoms with E-state index in [4.69, 9.17) is 5.73 Å². The fourth-order valence-corrected chi connectivity index (χ4v) is 2.90. The second-order valence-electron chi connectivity index (χ2n) is 4.32. The molecule has 108 valence electrons. The topological polar surface area (TPSA) is 103 Å². The number of nitrogen functional groups attached to an aromatic ring is 1. The summed E-state index contributed by atoms with van der Waals surface area (Å²) in [6, 6.07) is 2.19. The maximum absolute atomic E-state index is 13.2. The molecule has 1 aromatic carbocycles. The predicted molar refractivity (Wildman–Crippen MR) is 70.6 cm³/mol. The van der Waals surface area contributed by atoms with Crippen molar-refractivity contribution in [3.63, 3.8) is 0 Å². The van der Waals surface area contributed by atoms with E-state index in [1.807, 2.05) is 0 Å². The number of nitrogens with zero attached hydrogens (tertiary/aromatic N) is 3. The SMILES string of the molecule is Cc1cc(F)c(N)cc1S(=O)(=O)NCc1nncn1C. The zero-order valence-corrected chi connectivity index (χ0v) is 11.8. The highest BCUT2D eigenvalue weighted by Crippen LogP contribution is 2.21. The minimum Gasteiger partial charge on any atom is -0.396 e. The van der Waals surface area contributed by atoms with Crippen LogP contribution in [0.2, 0.25) is 0 Å². The van der Waals surface area contributed by atoms with Crippen molar-refractivity contribution in [1.29, 1.82) is 0 Å². The maximum Gasteiger partial charge on any atom is 0.241 e. The normalized spacial score (nSPS) is 11.8. The minimum absolute atomic E-state index is 0.0183. The van der Waals surface area contributed by atoms with Crippen molar-refractivity contribution in [2.45, 2.75) is 18.4 Å². The lowest BCUT2D eigenvalue weighted by Gasteiger charge is -2.10. The van der Waals surface area contributed by atoms with Crippen LogP contribution in [-0.2, 0) is 23.6 Å². The fourth-order valence-electron chi connectivity index (χ4n) is 1.66. The van der Waals surface area contributed by atoms with Crippen LogP contribution in [0.25, 0.3) is 0 Å². The molecule has 0 aliphatic carbocycles. The number of rotatable bonds is 4. The van der Waals surface area contributed by atoms with Crippen molar-refractivity contribution < 1.29 is 12.8 Å².